The number of carbonyl (C=O) groups excluding carboxylic acids is 1. The summed E-state index contributed by atoms with van der Waals surface area (Å²) in [6, 6.07) is -0.860. The lowest BCUT2D eigenvalue weighted by atomic mass is 9.93. The van der Waals surface area contributed by atoms with Crippen molar-refractivity contribution in [2.45, 2.75) is 37.8 Å². The number of aliphatic hydroxyl groups is 1. The predicted molar refractivity (Wildman–Crippen MR) is 64.8 cm³/mol. The van der Waals surface area contributed by atoms with Crippen molar-refractivity contribution in [1.29, 1.82) is 0 Å². The molecule has 2 atom stereocenters. The highest BCUT2D eigenvalue weighted by molar-refractivity contribution is 5.80. The minimum Gasteiger partial charge on any atom is -0.480 e. The van der Waals surface area contributed by atoms with Gasteiger partial charge in [-0.1, -0.05) is 18.8 Å². The molecule has 0 radical (unpaired) electrons. The Morgan fingerprint density at radius 1 is 1.39 bits per heavy atom. The van der Waals surface area contributed by atoms with Crippen LogP contribution in [0.3, 0.4) is 0 Å². The van der Waals surface area contributed by atoms with E-state index in [0.717, 1.165) is 17.7 Å². The third-order valence-electron chi connectivity index (χ3n) is 2.93. The number of carboxylic acids is 1. The van der Waals surface area contributed by atoms with Crippen molar-refractivity contribution < 1.29 is 19.8 Å². The van der Waals surface area contributed by atoms with Crippen molar-refractivity contribution in [2.75, 3.05) is 13.1 Å². The zero-order valence-electron chi connectivity index (χ0n) is 10.1. The van der Waals surface area contributed by atoms with Crippen molar-refractivity contribution in [3.8, 4) is 12.3 Å². The van der Waals surface area contributed by atoms with Crippen LogP contribution in [0.2, 0.25) is 0 Å². The molecular formula is C12H18N2O4. The van der Waals surface area contributed by atoms with Crippen molar-refractivity contribution in [2.24, 2.45) is 0 Å². The van der Waals surface area contributed by atoms with E-state index in [1.807, 2.05) is 0 Å². The standard InChI is InChI=1S/C12H18N2O4/c1-2-7-14(8-11(16)17)12(18)13-9-5-3-4-6-10(9)15/h1,9-10,15H,3-8H2,(H,13,18)(H,16,17). The first-order valence-corrected chi connectivity index (χ1v) is 5.93. The van der Waals surface area contributed by atoms with Crippen molar-refractivity contribution in [3.05, 3.63) is 0 Å². The number of rotatable bonds is 4. The maximum atomic E-state index is 11.8. The fourth-order valence-corrected chi connectivity index (χ4v) is 2.00. The molecular weight excluding hydrogens is 236 g/mol. The van der Waals surface area contributed by atoms with Crippen LogP contribution in [-0.4, -0.2) is 52.3 Å². The number of nitrogens with one attached hydrogen (secondary N) is 1. The molecule has 6 heteroatoms. The highest BCUT2D eigenvalue weighted by Crippen LogP contribution is 2.18. The summed E-state index contributed by atoms with van der Waals surface area (Å²) in [6.45, 7) is -0.514. The van der Waals surface area contributed by atoms with E-state index in [1.54, 1.807) is 0 Å². The summed E-state index contributed by atoms with van der Waals surface area (Å²) in [6.07, 6.45) is 7.75. The molecule has 0 heterocycles. The molecule has 0 spiro atoms. The van der Waals surface area contributed by atoms with E-state index in [1.165, 1.54) is 0 Å². The van der Waals surface area contributed by atoms with Gasteiger partial charge in [0.2, 0.25) is 0 Å². The molecule has 18 heavy (non-hydrogen) atoms. The predicted octanol–water partition coefficient (Wildman–Crippen LogP) is 0.0193. The number of hydrogen-bond donors (Lipinski definition) is 3. The summed E-state index contributed by atoms with van der Waals surface area (Å²) in [5.74, 6) is 1.12. The van der Waals surface area contributed by atoms with Gasteiger partial charge in [-0.2, -0.15) is 0 Å². The summed E-state index contributed by atoms with van der Waals surface area (Å²) in [4.78, 5) is 23.5. The van der Waals surface area contributed by atoms with E-state index in [4.69, 9.17) is 11.5 Å². The van der Waals surface area contributed by atoms with Gasteiger partial charge < -0.3 is 20.4 Å². The van der Waals surface area contributed by atoms with Gasteiger partial charge in [-0.15, -0.1) is 6.42 Å². The van der Waals surface area contributed by atoms with Gasteiger partial charge in [-0.3, -0.25) is 4.79 Å². The summed E-state index contributed by atoms with van der Waals surface area (Å²) in [7, 11) is 0. The number of urea groups is 1. The molecule has 1 aliphatic rings. The number of hydrogen-bond acceptors (Lipinski definition) is 3. The fraction of sp³-hybridized carbons (Fsp3) is 0.667. The topological polar surface area (TPSA) is 89.9 Å². The van der Waals surface area contributed by atoms with Crippen LogP contribution in [0.5, 0.6) is 0 Å². The van der Waals surface area contributed by atoms with E-state index in [2.05, 4.69) is 11.2 Å². The Labute approximate surface area is 106 Å². The lowest BCUT2D eigenvalue weighted by Crippen LogP contribution is -2.51. The molecule has 0 bridgehead atoms. The van der Waals surface area contributed by atoms with Gasteiger partial charge in [0.05, 0.1) is 18.7 Å². The zero-order chi connectivity index (χ0) is 13.5. The molecule has 0 aromatic carbocycles. The summed E-state index contributed by atoms with van der Waals surface area (Å²) in [5, 5.41) is 21.0. The minimum atomic E-state index is -1.12. The van der Waals surface area contributed by atoms with E-state index >= 15 is 0 Å². The van der Waals surface area contributed by atoms with Crippen LogP contribution in [0.15, 0.2) is 0 Å². The van der Waals surface area contributed by atoms with Crippen LogP contribution in [0.1, 0.15) is 25.7 Å². The van der Waals surface area contributed by atoms with Crippen molar-refractivity contribution in [1.82, 2.24) is 10.2 Å². The molecule has 1 rings (SSSR count). The first-order valence-electron chi connectivity index (χ1n) is 5.93. The maximum Gasteiger partial charge on any atom is 0.323 e. The second kappa shape index (κ2) is 6.87. The van der Waals surface area contributed by atoms with Crippen LogP contribution < -0.4 is 5.32 Å². The molecule has 100 valence electrons. The van der Waals surface area contributed by atoms with E-state index in [-0.39, 0.29) is 12.6 Å². The van der Waals surface area contributed by atoms with Gasteiger partial charge in [-0.25, -0.2) is 4.79 Å². The molecule has 1 saturated carbocycles. The summed E-state index contributed by atoms with van der Waals surface area (Å²) in [5.41, 5.74) is 0. The normalized spacial score (nSPS) is 22.9. The van der Waals surface area contributed by atoms with Gasteiger partial charge in [0.25, 0.3) is 0 Å². The van der Waals surface area contributed by atoms with Crippen LogP contribution in [0.25, 0.3) is 0 Å². The molecule has 1 fully saturated rings. The van der Waals surface area contributed by atoms with Gasteiger partial charge >= 0.3 is 12.0 Å². The highest BCUT2D eigenvalue weighted by Gasteiger charge is 2.26. The lowest BCUT2D eigenvalue weighted by molar-refractivity contribution is -0.137. The highest BCUT2D eigenvalue weighted by atomic mass is 16.4. The van der Waals surface area contributed by atoms with Gasteiger partial charge in [0, 0.05) is 0 Å². The van der Waals surface area contributed by atoms with Crippen LogP contribution in [0, 0.1) is 12.3 Å². The Balaban J connectivity index is 2.54. The monoisotopic (exact) mass is 254 g/mol. The average molecular weight is 254 g/mol. The van der Waals surface area contributed by atoms with E-state index in [0.29, 0.717) is 12.8 Å². The fourth-order valence-electron chi connectivity index (χ4n) is 2.00. The third kappa shape index (κ3) is 4.26. The Morgan fingerprint density at radius 2 is 2.06 bits per heavy atom. The molecule has 1 aliphatic carbocycles. The number of terminal acetylenes is 1. The molecule has 0 aromatic heterocycles. The van der Waals surface area contributed by atoms with Crippen LogP contribution in [-0.2, 0) is 4.79 Å². The third-order valence-corrected chi connectivity index (χ3v) is 2.93. The molecule has 3 N–H and O–H groups in total. The van der Waals surface area contributed by atoms with E-state index < -0.39 is 24.6 Å². The molecule has 6 nitrogen and oxygen atoms in total. The van der Waals surface area contributed by atoms with Gasteiger partial charge in [-0.05, 0) is 12.8 Å². The molecule has 0 aliphatic heterocycles. The number of aliphatic carboxylic acids is 1. The summed E-state index contributed by atoms with van der Waals surface area (Å²) < 4.78 is 0. The summed E-state index contributed by atoms with van der Waals surface area (Å²) >= 11 is 0. The van der Waals surface area contributed by atoms with E-state index in [9.17, 15) is 14.7 Å². The first-order chi connectivity index (χ1) is 8.54. The molecule has 2 unspecified atom stereocenters. The smallest absolute Gasteiger partial charge is 0.323 e. The molecule has 0 aromatic rings. The quantitative estimate of drug-likeness (QED) is 0.617. The molecule has 2 amide bonds. The largest absolute Gasteiger partial charge is 0.480 e. The second-order valence-corrected chi connectivity index (χ2v) is 4.36. The Hall–Kier alpha value is -1.74. The zero-order valence-corrected chi connectivity index (χ0v) is 10.1. The van der Waals surface area contributed by atoms with Crippen molar-refractivity contribution >= 4 is 12.0 Å². The molecule has 0 saturated heterocycles. The number of nitrogens with zero attached hydrogens (tertiary/aromatic N) is 1. The SMILES string of the molecule is C#CCN(CC(=O)O)C(=O)NC1CCCCC1O. The number of carboxylic acid groups (broad SMARTS) is 1. The first kappa shape index (κ1) is 14.3. The number of carbonyl (C=O) groups is 2. The van der Waals surface area contributed by atoms with Crippen LogP contribution >= 0.6 is 0 Å². The number of aliphatic hydroxyl groups excluding tert-OH is 1. The maximum absolute atomic E-state index is 11.8. The van der Waals surface area contributed by atoms with Gasteiger partial charge in [0.15, 0.2) is 0 Å². The van der Waals surface area contributed by atoms with Gasteiger partial charge in [0.1, 0.15) is 6.54 Å². The Bertz CT molecular complexity index is 350. The van der Waals surface area contributed by atoms with Crippen molar-refractivity contribution in [3.63, 3.8) is 0 Å². The second-order valence-electron chi connectivity index (χ2n) is 4.36. The lowest BCUT2D eigenvalue weighted by Gasteiger charge is -2.30. The number of amides is 2. The van der Waals surface area contributed by atoms with Crippen LogP contribution in [0.4, 0.5) is 4.79 Å². The minimum absolute atomic E-state index is 0.0685. The Kier molecular flexibility index (Phi) is 5.46. The Morgan fingerprint density at radius 3 is 2.61 bits per heavy atom. The average Bonchev–Trinajstić information content (AvgIpc) is 2.31.